The minimum absolute atomic E-state index is 0.321. The highest BCUT2D eigenvalue weighted by atomic mass is 16.5. The topological polar surface area (TPSA) is 21.3 Å². The van der Waals surface area contributed by atoms with Gasteiger partial charge in [-0.1, -0.05) is 32.9 Å². The standard InChI is InChI=1S/C15H25NO/c1-11-9-12(7-8-14(11)17-6)13(16-5)10-15(2,3)4/h7-9,13,16H,10H2,1-6H3. The van der Waals surface area contributed by atoms with Crippen molar-refractivity contribution in [1.29, 1.82) is 0 Å². The van der Waals surface area contributed by atoms with Crippen molar-refractivity contribution in [1.82, 2.24) is 5.32 Å². The first kappa shape index (κ1) is 14.0. The van der Waals surface area contributed by atoms with Crippen molar-refractivity contribution in [3.05, 3.63) is 29.3 Å². The first-order valence-electron chi connectivity index (χ1n) is 6.19. The van der Waals surface area contributed by atoms with Gasteiger partial charge in [-0.2, -0.15) is 0 Å². The van der Waals surface area contributed by atoms with Crippen LogP contribution in [0.5, 0.6) is 5.75 Å². The van der Waals surface area contributed by atoms with E-state index in [4.69, 9.17) is 4.74 Å². The zero-order valence-electron chi connectivity index (χ0n) is 11.9. The van der Waals surface area contributed by atoms with Crippen LogP contribution in [-0.4, -0.2) is 14.2 Å². The predicted molar refractivity (Wildman–Crippen MR) is 73.6 cm³/mol. The minimum Gasteiger partial charge on any atom is -0.496 e. The van der Waals surface area contributed by atoms with Gasteiger partial charge in [-0.25, -0.2) is 0 Å². The van der Waals surface area contributed by atoms with E-state index in [1.54, 1.807) is 7.11 Å². The Labute approximate surface area is 105 Å². The first-order valence-corrected chi connectivity index (χ1v) is 6.19. The molecule has 0 heterocycles. The monoisotopic (exact) mass is 235 g/mol. The summed E-state index contributed by atoms with van der Waals surface area (Å²) in [5, 5.41) is 3.40. The molecule has 0 radical (unpaired) electrons. The van der Waals surface area contributed by atoms with Gasteiger partial charge in [0.1, 0.15) is 5.75 Å². The molecule has 0 spiro atoms. The van der Waals surface area contributed by atoms with Crippen molar-refractivity contribution in [3.8, 4) is 5.75 Å². The highest BCUT2D eigenvalue weighted by Gasteiger charge is 2.19. The molecule has 0 fully saturated rings. The Morgan fingerprint density at radius 3 is 2.35 bits per heavy atom. The van der Waals surface area contributed by atoms with Crippen LogP contribution in [-0.2, 0) is 0 Å². The second-order valence-electron chi connectivity index (χ2n) is 5.84. The largest absolute Gasteiger partial charge is 0.496 e. The Morgan fingerprint density at radius 1 is 1.29 bits per heavy atom. The molecule has 96 valence electrons. The lowest BCUT2D eigenvalue weighted by molar-refractivity contribution is 0.320. The number of aryl methyl sites for hydroxylation is 1. The van der Waals surface area contributed by atoms with E-state index in [1.807, 2.05) is 7.05 Å². The Kier molecular flexibility index (Phi) is 4.58. The van der Waals surface area contributed by atoms with Crippen molar-refractivity contribution in [2.75, 3.05) is 14.2 Å². The molecule has 0 aliphatic rings. The van der Waals surface area contributed by atoms with Crippen molar-refractivity contribution >= 4 is 0 Å². The van der Waals surface area contributed by atoms with Gasteiger partial charge in [0.15, 0.2) is 0 Å². The molecule has 1 aromatic carbocycles. The van der Waals surface area contributed by atoms with Crippen molar-refractivity contribution in [3.63, 3.8) is 0 Å². The van der Waals surface area contributed by atoms with Crippen molar-refractivity contribution in [2.24, 2.45) is 5.41 Å². The fourth-order valence-corrected chi connectivity index (χ4v) is 2.12. The van der Waals surface area contributed by atoms with Crippen LogP contribution in [0.2, 0.25) is 0 Å². The van der Waals surface area contributed by atoms with Gasteiger partial charge in [0.2, 0.25) is 0 Å². The molecule has 1 atom stereocenters. The van der Waals surface area contributed by atoms with Crippen LogP contribution in [0.25, 0.3) is 0 Å². The second kappa shape index (κ2) is 5.54. The molecule has 2 nitrogen and oxygen atoms in total. The minimum atomic E-state index is 0.321. The van der Waals surface area contributed by atoms with Crippen LogP contribution in [0, 0.1) is 12.3 Å². The fourth-order valence-electron chi connectivity index (χ4n) is 2.12. The van der Waals surface area contributed by atoms with E-state index >= 15 is 0 Å². The molecule has 1 aromatic rings. The molecule has 17 heavy (non-hydrogen) atoms. The smallest absolute Gasteiger partial charge is 0.121 e. The maximum atomic E-state index is 5.29. The maximum absolute atomic E-state index is 5.29. The number of nitrogens with one attached hydrogen (secondary N) is 1. The summed E-state index contributed by atoms with van der Waals surface area (Å²) in [7, 11) is 3.74. The van der Waals surface area contributed by atoms with Gasteiger partial charge < -0.3 is 10.1 Å². The number of benzene rings is 1. The molecule has 0 aromatic heterocycles. The van der Waals surface area contributed by atoms with Gasteiger partial charge in [-0.05, 0) is 43.0 Å². The summed E-state index contributed by atoms with van der Waals surface area (Å²) in [6.07, 6.45) is 1.12. The second-order valence-corrected chi connectivity index (χ2v) is 5.84. The van der Waals surface area contributed by atoms with Crippen LogP contribution >= 0.6 is 0 Å². The molecule has 0 amide bonds. The molecule has 1 N–H and O–H groups in total. The van der Waals surface area contributed by atoms with Crippen molar-refractivity contribution < 1.29 is 4.74 Å². The van der Waals surface area contributed by atoms with E-state index in [2.05, 4.69) is 51.2 Å². The maximum Gasteiger partial charge on any atom is 0.121 e. The Bertz CT molecular complexity index is 366. The molecular formula is C15H25NO. The number of hydrogen-bond donors (Lipinski definition) is 1. The molecule has 1 rings (SSSR count). The quantitative estimate of drug-likeness (QED) is 0.859. The van der Waals surface area contributed by atoms with Gasteiger partial charge >= 0.3 is 0 Å². The summed E-state index contributed by atoms with van der Waals surface area (Å²) in [5.74, 6) is 0.958. The average Bonchev–Trinajstić information content (AvgIpc) is 2.24. The number of methoxy groups -OCH3 is 1. The molecule has 0 bridgehead atoms. The zero-order chi connectivity index (χ0) is 13.1. The van der Waals surface area contributed by atoms with Crippen molar-refractivity contribution in [2.45, 2.75) is 40.2 Å². The van der Waals surface area contributed by atoms with E-state index in [1.165, 1.54) is 11.1 Å². The molecular weight excluding hydrogens is 210 g/mol. The van der Waals surface area contributed by atoms with Crippen LogP contribution in [0.15, 0.2) is 18.2 Å². The Balaban J connectivity index is 2.93. The van der Waals surface area contributed by atoms with E-state index in [9.17, 15) is 0 Å². The molecule has 2 heteroatoms. The Morgan fingerprint density at radius 2 is 1.94 bits per heavy atom. The summed E-state index contributed by atoms with van der Waals surface area (Å²) in [6, 6.07) is 6.82. The van der Waals surface area contributed by atoms with Gasteiger partial charge in [-0.15, -0.1) is 0 Å². The lowest BCUT2D eigenvalue weighted by Gasteiger charge is -2.26. The van der Waals surface area contributed by atoms with E-state index in [0.717, 1.165) is 12.2 Å². The van der Waals surface area contributed by atoms with Gasteiger partial charge in [0, 0.05) is 6.04 Å². The number of ether oxygens (including phenoxy) is 1. The number of rotatable bonds is 4. The molecule has 0 aliphatic heterocycles. The SMILES string of the molecule is CNC(CC(C)(C)C)c1ccc(OC)c(C)c1. The first-order chi connectivity index (χ1) is 7.87. The third-order valence-electron chi connectivity index (χ3n) is 2.99. The summed E-state index contributed by atoms with van der Waals surface area (Å²) in [4.78, 5) is 0. The third-order valence-corrected chi connectivity index (χ3v) is 2.99. The molecule has 0 aliphatic carbocycles. The zero-order valence-corrected chi connectivity index (χ0v) is 11.9. The Hall–Kier alpha value is -1.02. The lowest BCUT2D eigenvalue weighted by Crippen LogP contribution is -2.22. The van der Waals surface area contributed by atoms with Gasteiger partial charge in [-0.3, -0.25) is 0 Å². The highest BCUT2D eigenvalue weighted by Crippen LogP contribution is 2.31. The summed E-state index contributed by atoms with van der Waals surface area (Å²) in [5.41, 5.74) is 2.85. The van der Waals surface area contributed by atoms with Gasteiger partial charge in [0.05, 0.1) is 7.11 Å². The fraction of sp³-hybridized carbons (Fsp3) is 0.600. The lowest BCUT2D eigenvalue weighted by atomic mass is 9.85. The number of hydrogen-bond acceptors (Lipinski definition) is 2. The third kappa shape index (κ3) is 4.04. The average molecular weight is 235 g/mol. The van der Waals surface area contributed by atoms with E-state index < -0.39 is 0 Å². The molecule has 1 unspecified atom stereocenters. The van der Waals surface area contributed by atoms with Crippen LogP contribution in [0.4, 0.5) is 0 Å². The predicted octanol–water partition coefficient (Wildman–Crippen LogP) is 3.70. The van der Waals surface area contributed by atoms with Crippen LogP contribution in [0.1, 0.15) is 44.4 Å². The summed E-state index contributed by atoms with van der Waals surface area (Å²) in [6.45, 7) is 8.90. The van der Waals surface area contributed by atoms with E-state index in [-0.39, 0.29) is 0 Å². The van der Waals surface area contributed by atoms with E-state index in [0.29, 0.717) is 11.5 Å². The molecule has 0 saturated heterocycles. The summed E-state index contributed by atoms with van der Waals surface area (Å²) < 4.78 is 5.29. The summed E-state index contributed by atoms with van der Waals surface area (Å²) >= 11 is 0. The van der Waals surface area contributed by atoms with Crippen LogP contribution in [0.3, 0.4) is 0 Å². The highest BCUT2D eigenvalue weighted by molar-refractivity contribution is 5.37. The molecule has 0 saturated carbocycles. The normalized spacial score (nSPS) is 13.5. The van der Waals surface area contributed by atoms with Gasteiger partial charge in [0.25, 0.3) is 0 Å². The van der Waals surface area contributed by atoms with Crippen LogP contribution < -0.4 is 10.1 Å².